The molecular weight excluding hydrogens is 232 g/mol. The van der Waals surface area contributed by atoms with Crippen LogP contribution in [0, 0.1) is 0 Å². The van der Waals surface area contributed by atoms with Crippen molar-refractivity contribution in [3.05, 3.63) is 30.4 Å². The van der Waals surface area contributed by atoms with Crippen molar-refractivity contribution in [1.29, 1.82) is 0 Å². The van der Waals surface area contributed by atoms with E-state index in [1.807, 2.05) is 16.7 Å². The molecule has 0 amide bonds. The van der Waals surface area contributed by atoms with Crippen LogP contribution < -0.4 is 0 Å². The summed E-state index contributed by atoms with van der Waals surface area (Å²) in [6.07, 6.45) is 8.62. The zero-order valence-electron chi connectivity index (χ0n) is 9.67. The fourth-order valence-electron chi connectivity index (χ4n) is 2.36. The van der Waals surface area contributed by atoms with E-state index in [0.717, 1.165) is 17.8 Å². The van der Waals surface area contributed by atoms with Crippen LogP contribution in [0.4, 0.5) is 0 Å². The molecule has 2 aromatic heterocycles. The highest BCUT2D eigenvalue weighted by molar-refractivity contribution is 7.99. The van der Waals surface area contributed by atoms with E-state index in [-0.39, 0.29) is 0 Å². The third-order valence-corrected chi connectivity index (χ3v) is 4.67. The van der Waals surface area contributed by atoms with Crippen LogP contribution in [0.1, 0.15) is 25.1 Å². The molecule has 0 saturated carbocycles. The minimum absolute atomic E-state index is 0.299. The van der Waals surface area contributed by atoms with Crippen LogP contribution in [-0.2, 0) is 6.42 Å². The molecule has 0 spiro atoms. The van der Waals surface area contributed by atoms with Gasteiger partial charge in [0.1, 0.15) is 11.6 Å². The summed E-state index contributed by atoms with van der Waals surface area (Å²) in [4.78, 5) is 4.47. The first kappa shape index (κ1) is 11.0. The van der Waals surface area contributed by atoms with Crippen molar-refractivity contribution in [3.8, 4) is 5.75 Å². The van der Waals surface area contributed by atoms with E-state index in [2.05, 4.69) is 16.7 Å². The fourth-order valence-corrected chi connectivity index (χ4v) is 3.66. The Morgan fingerprint density at radius 1 is 1.41 bits per heavy atom. The molecule has 0 aromatic carbocycles. The summed E-state index contributed by atoms with van der Waals surface area (Å²) in [5.41, 5.74) is 1.05. The molecule has 1 saturated heterocycles. The Bertz CT molecular complexity index is 517. The standard InChI is InChI=1S/C13H16N2OS/c16-11-5-4-10-8-14-13(15(10)9-11)7-12-3-1-2-6-17-12/h4-5,8-9,12,16H,1-3,6-7H2. The van der Waals surface area contributed by atoms with E-state index in [0.29, 0.717) is 11.0 Å². The second kappa shape index (κ2) is 4.61. The van der Waals surface area contributed by atoms with Gasteiger partial charge in [-0.15, -0.1) is 0 Å². The number of imidazole rings is 1. The van der Waals surface area contributed by atoms with Crippen molar-refractivity contribution in [3.63, 3.8) is 0 Å². The van der Waals surface area contributed by atoms with E-state index >= 15 is 0 Å². The van der Waals surface area contributed by atoms with Gasteiger partial charge in [-0.25, -0.2) is 4.98 Å². The third kappa shape index (κ3) is 2.27. The van der Waals surface area contributed by atoms with E-state index < -0.39 is 0 Å². The molecule has 1 fully saturated rings. The van der Waals surface area contributed by atoms with Crippen LogP contribution in [0.25, 0.3) is 5.52 Å². The van der Waals surface area contributed by atoms with Gasteiger partial charge in [0.2, 0.25) is 0 Å². The Labute approximate surface area is 105 Å². The summed E-state index contributed by atoms with van der Waals surface area (Å²) in [6, 6.07) is 3.61. The number of hydrogen-bond donors (Lipinski definition) is 1. The highest BCUT2D eigenvalue weighted by Crippen LogP contribution is 2.28. The summed E-state index contributed by atoms with van der Waals surface area (Å²) in [7, 11) is 0. The highest BCUT2D eigenvalue weighted by Gasteiger charge is 2.16. The van der Waals surface area contributed by atoms with Crippen molar-refractivity contribution in [1.82, 2.24) is 9.38 Å². The monoisotopic (exact) mass is 248 g/mol. The van der Waals surface area contributed by atoms with Crippen molar-refractivity contribution in [2.45, 2.75) is 30.9 Å². The molecule has 1 aliphatic rings. The number of thioether (sulfide) groups is 1. The topological polar surface area (TPSA) is 37.5 Å². The average Bonchev–Trinajstić information content (AvgIpc) is 2.73. The van der Waals surface area contributed by atoms with Gasteiger partial charge < -0.3 is 5.11 Å². The van der Waals surface area contributed by atoms with Crippen LogP contribution in [0.3, 0.4) is 0 Å². The second-order valence-corrected chi connectivity index (χ2v) is 5.96. The zero-order valence-corrected chi connectivity index (χ0v) is 10.5. The molecule has 1 N–H and O–H groups in total. The first-order valence-corrected chi connectivity index (χ1v) is 7.14. The number of aromatic nitrogens is 2. The summed E-state index contributed by atoms with van der Waals surface area (Å²) in [5, 5.41) is 10.2. The molecule has 1 atom stereocenters. The lowest BCUT2D eigenvalue weighted by Gasteiger charge is -2.20. The van der Waals surface area contributed by atoms with E-state index in [9.17, 15) is 5.11 Å². The van der Waals surface area contributed by atoms with E-state index in [1.54, 1.807) is 12.3 Å². The number of nitrogens with zero attached hydrogens (tertiary/aromatic N) is 2. The Hall–Kier alpha value is -1.16. The summed E-state index contributed by atoms with van der Waals surface area (Å²) >= 11 is 2.06. The van der Waals surface area contributed by atoms with Gasteiger partial charge in [-0.3, -0.25) is 4.40 Å². The average molecular weight is 248 g/mol. The number of pyridine rings is 1. The lowest BCUT2D eigenvalue weighted by molar-refractivity contribution is 0.471. The maximum atomic E-state index is 9.53. The zero-order chi connectivity index (χ0) is 11.7. The van der Waals surface area contributed by atoms with Gasteiger partial charge in [0.15, 0.2) is 0 Å². The van der Waals surface area contributed by atoms with E-state index in [4.69, 9.17) is 0 Å². The minimum atomic E-state index is 0.299. The Balaban J connectivity index is 1.86. The Morgan fingerprint density at radius 2 is 2.35 bits per heavy atom. The summed E-state index contributed by atoms with van der Waals surface area (Å²) in [5.74, 6) is 2.64. The molecule has 3 heterocycles. The van der Waals surface area contributed by atoms with Gasteiger partial charge in [-0.05, 0) is 30.7 Å². The van der Waals surface area contributed by atoms with Gasteiger partial charge >= 0.3 is 0 Å². The molecule has 2 aromatic rings. The highest BCUT2D eigenvalue weighted by atomic mass is 32.2. The van der Waals surface area contributed by atoms with Crippen LogP contribution in [0.5, 0.6) is 5.75 Å². The maximum absolute atomic E-state index is 9.53. The fraction of sp³-hybridized carbons (Fsp3) is 0.462. The molecule has 3 rings (SSSR count). The predicted octanol–water partition coefficient (Wildman–Crippen LogP) is 2.87. The largest absolute Gasteiger partial charge is 0.506 e. The van der Waals surface area contributed by atoms with Crippen molar-refractivity contribution >= 4 is 17.3 Å². The predicted molar refractivity (Wildman–Crippen MR) is 70.7 cm³/mol. The Morgan fingerprint density at radius 3 is 3.18 bits per heavy atom. The first-order valence-electron chi connectivity index (χ1n) is 6.09. The lowest BCUT2D eigenvalue weighted by Crippen LogP contribution is -2.14. The number of fused-ring (bicyclic) bond motifs is 1. The van der Waals surface area contributed by atoms with Crippen molar-refractivity contribution < 1.29 is 5.11 Å². The lowest BCUT2D eigenvalue weighted by atomic mass is 10.1. The number of aromatic hydroxyl groups is 1. The second-order valence-electron chi connectivity index (χ2n) is 4.55. The maximum Gasteiger partial charge on any atom is 0.132 e. The number of rotatable bonds is 2. The van der Waals surface area contributed by atoms with Crippen molar-refractivity contribution in [2.24, 2.45) is 0 Å². The summed E-state index contributed by atoms with van der Waals surface area (Å²) < 4.78 is 2.00. The van der Waals surface area contributed by atoms with Crippen LogP contribution in [0.2, 0.25) is 0 Å². The molecule has 1 unspecified atom stereocenters. The number of hydrogen-bond acceptors (Lipinski definition) is 3. The van der Waals surface area contributed by atoms with Crippen LogP contribution in [0.15, 0.2) is 24.5 Å². The van der Waals surface area contributed by atoms with Crippen LogP contribution >= 0.6 is 11.8 Å². The molecule has 4 heteroatoms. The van der Waals surface area contributed by atoms with Gasteiger partial charge in [0.25, 0.3) is 0 Å². The van der Waals surface area contributed by atoms with Crippen molar-refractivity contribution in [2.75, 3.05) is 5.75 Å². The van der Waals surface area contributed by atoms with Crippen LogP contribution in [-0.4, -0.2) is 25.5 Å². The SMILES string of the molecule is Oc1ccc2cnc(CC3CCCCS3)n2c1. The molecular formula is C13H16N2OS. The molecule has 0 radical (unpaired) electrons. The molecule has 0 aliphatic carbocycles. The summed E-state index contributed by atoms with van der Waals surface area (Å²) in [6.45, 7) is 0. The molecule has 0 bridgehead atoms. The first-order chi connectivity index (χ1) is 8.33. The van der Waals surface area contributed by atoms with Gasteiger partial charge in [-0.1, -0.05) is 6.42 Å². The van der Waals surface area contributed by atoms with Gasteiger partial charge in [-0.2, -0.15) is 11.8 Å². The third-order valence-electron chi connectivity index (χ3n) is 3.27. The molecule has 1 aliphatic heterocycles. The molecule has 90 valence electrons. The quantitative estimate of drug-likeness (QED) is 0.888. The Kier molecular flexibility index (Phi) is 2.97. The molecule has 17 heavy (non-hydrogen) atoms. The normalized spacial score (nSPS) is 20.8. The van der Waals surface area contributed by atoms with E-state index in [1.165, 1.54) is 25.0 Å². The minimum Gasteiger partial charge on any atom is -0.506 e. The smallest absolute Gasteiger partial charge is 0.132 e. The van der Waals surface area contributed by atoms with Gasteiger partial charge in [0.05, 0.1) is 17.9 Å². The van der Waals surface area contributed by atoms with Gasteiger partial charge in [0, 0.05) is 11.7 Å². The molecule has 3 nitrogen and oxygen atoms in total.